The van der Waals surface area contributed by atoms with Crippen molar-refractivity contribution in [2.75, 3.05) is 11.1 Å². The smallest absolute Gasteiger partial charge is 0.235 e. The molecule has 1 spiro atoms. The number of hydrogen-bond donors (Lipinski definition) is 2. The maximum atomic E-state index is 12.5. The van der Waals surface area contributed by atoms with Crippen molar-refractivity contribution in [2.24, 2.45) is 0 Å². The van der Waals surface area contributed by atoms with Gasteiger partial charge >= 0.3 is 0 Å². The van der Waals surface area contributed by atoms with Gasteiger partial charge in [-0.2, -0.15) is 0 Å². The summed E-state index contributed by atoms with van der Waals surface area (Å²) < 4.78 is 0. The van der Waals surface area contributed by atoms with E-state index in [1.54, 1.807) is 0 Å². The summed E-state index contributed by atoms with van der Waals surface area (Å²) in [5, 5.41) is 3.14. The molecule has 1 fully saturated rings. The Bertz CT molecular complexity index is 748. The van der Waals surface area contributed by atoms with Gasteiger partial charge in [0, 0.05) is 17.3 Å². The van der Waals surface area contributed by atoms with Crippen LogP contribution in [0.25, 0.3) is 0 Å². The third-order valence-corrected chi connectivity index (χ3v) is 5.35. The van der Waals surface area contributed by atoms with Gasteiger partial charge in [0.05, 0.1) is 5.41 Å². The Hall–Kier alpha value is -2.29. The molecular weight excluding hydrogens is 272 g/mol. The zero-order valence-electron chi connectivity index (χ0n) is 12.7. The molecule has 1 atom stereocenters. The van der Waals surface area contributed by atoms with Gasteiger partial charge in [-0.15, -0.1) is 0 Å². The molecule has 0 radical (unpaired) electrons. The van der Waals surface area contributed by atoms with Crippen LogP contribution in [-0.2, 0) is 10.2 Å². The van der Waals surface area contributed by atoms with Crippen LogP contribution in [-0.4, -0.2) is 5.91 Å². The molecule has 1 saturated carbocycles. The normalized spacial score (nSPS) is 19.4. The second-order valence-electron chi connectivity index (χ2n) is 6.55. The lowest BCUT2D eigenvalue weighted by Gasteiger charge is -2.36. The summed E-state index contributed by atoms with van der Waals surface area (Å²) in [5.41, 5.74) is 11.1. The molecule has 3 heteroatoms. The van der Waals surface area contributed by atoms with Crippen molar-refractivity contribution in [3.05, 3.63) is 59.2 Å². The van der Waals surface area contributed by atoms with Crippen LogP contribution in [0.4, 0.5) is 11.4 Å². The quantitative estimate of drug-likeness (QED) is 0.827. The summed E-state index contributed by atoms with van der Waals surface area (Å²) >= 11 is 0. The first kappa shape index (κ1) is 13.4. The minimum atomic E-state index is -0.310. The van der Waals surface area contributed by atoms with E-state index in [0.29, 0.717) is 0 Å². The number of carbonyl (C=O) groups excluding carboxylic acids is 1. The molecule has 1 heterocycles. The topological polar surface area (TPSA) is 55.1 Å². The van der Waals surface area contributed by atoms with E-state index in [9.17, 15) is 4.79 Å². The van der Waals surface area contributed by atoms with Gasteiger partial charge in [-0.1, -0.05) is 43.7 Å². The van der Waals surface area contributed by atoms with Gasteiger partial charge in [0.2, 0.25) is 5.91 Å². The monoisotopic (exact) mass is 292 g/mol. The van der Waals surface area contributed by atoms with E-state index in [-0.39, 0.29) is 17.2 Å². The van der Waals surface area contributed by atoms with Crippen molar-refractivity contribution in [1.29, 1.82) is 0 Å². The Morgan fingerprint density at radius 2 is 1.91 bits per heavy atom. The first-order valence-electron chi connectivity index (χ1n) is 7.92. The van der Waals surface area contributed by atoms with E-state index in [1.165, 1.54) is 5.56 Å². The molecule has 1 amide bonds. The van der Waals surface area contributed by atoms with E-state index < -0.39 is 0 Å². The average molecular weight is 292 g/mol. The molecule has 4 rings (SSSR count). The zero-order valence-corrected chi connectivity index (χ0v) is 12.7. The van der Waals surface area contributed by atoms with Crippen LogP contribution in [0.3, 0.4) is 0 Å². The Morgan fingerprint density at radius 3 is 2.55 bits per heavy atom. The van der Waals surface area contributed by atoms with Crippen molar-refractivity contribution in [3.8, 4) is 0 Å². The third kappa shape index (κ3) is 1.71. The van der Waals surface area contributed by atoms with Crippen LogP contribution in [0.15, 0.2) is 42.5 Å². The van der Waals surface area contributed by atoms with Crippen molar-refractivity contribution in [1.82, 2.24) is 0 Å². The predicted molar refractivity (Wildman–Crippen MR) is 89.0 cm³/mol. The van der Waals surface area contributed by atoms with Gasteiger partial charge in [-0.3, -0.25) is 4.79 Å². The maximum Gasteiger partial charge on any atom is 0.235 e. The van der Waals surface area contributed by atoms with Gasteiger partial charge in [0.1, 0.15) is 0 Å². The summed E-state index contributed by atoms with van der Waals surface area (Å²) in [6, 6.07) is 14.4. The lowest BCUT2D eigenvalue weighted by Crippen LogP contribution is -2.40. The van der Waals surface area contributed by atoms with Crippen molar-refractivity contribution < 1.29 is 4.79 Å². The molecule has 22 heavy (non-hydrogen) atoms. The average Bonchev–Trinajstić information content (AvgIpc) is 2.78. The number of carbonyl (C=O) groups is 1. The number of nitrogen functional groups attached to an aromatic ring is 1. The molecule has 3 nitrogen and oxygen atoms in total. The largest absolute Gasteiger partial charge is 0.399 e. The van der Waals surface area contributed by atoms with Crippen LogP contribution in [0.5, 0.6) is 0 Å². The molecule has 1 aliphatic heterocycles. The molecule has 1 unspecified atom stereocenters. The van der Waals surface area contributed by atoms with Crippen LogP contribution in [0.2, 0.25) is 0 Å². The van der Waals surface area contributed by atoms with E-state index in [2.05, 4.69) is 24.4 Å². The van der Waals surface area contributed by atoms with Gasteiger partial charge in [0.25, 0.3) is 0 Å². The Morgan fingerprint density at radius 1 is 1.18 bits per heavy atom. The number of benzene rings is 2. The van der Waals surface area contributed by atoms with Crippen LogP contribution < -0.4 is 11.1 Å². The zero-order chi connectivity index (χ0) is 15.3. The van der Waals surface area contributed by atoms with Gasteiger partial charge in [0.15, 0.2) is 0 Å². The number of fused-ring (bicyclic) bond motifs is 2. The summed E-state index contributed by atoms with van der Waals surface area (Å²) in [6.45, 7) is 2.17. The molecule has 1 aliphatic carbocycles. The SMILES string of the molecule is CC(c1ccccc1)c1cc(N)cc2c1NC(=O)C21CCC1. The van der Waals surface area contributed by atoms with E-state index in [4.69, 9.17) is 5.73 Å². The highest BCUT2D eigenvalue weighted by molar-refractivity contribution is 6.08. The maximum absolute atomic E-state index is 12.5. The number of amides is 1. The molecule has 0 bridgehead atoms. The number of nitrogens with two attached hydrogens (primary N) is 1. The minimum absolute atomic E-state index is 0.154. The van der Waals surface area contributed by atoms with Gasteiger partial charge in [-0.05, 0) is 41.7 Å². The molecule has 2 aromatic rings. The van der Waals surface area contributed by atoms with E-state index >= 15 is 0 Å². The van der Waals surface area contributed by atoms with Gasteiger partial charge in [-0.25, -0.2) is 0 Å². The third-order valence-electron chi connectivity index (χ3n) is 5.35. The van der Waals surface area contributed by atoms with Crippen LogP contribution in [0, 0.1) is 0 Å². The van der Waals surface area contributed by atoms with Crippen molar-refractivity contribution in [2.45, 2.75) is 37.5 Å². The molecule has 2 aliphatic rings. The Labute approximate surface area is 130 Å². The highest BCUT2D eigenvalue weighted by Crippen LogP contribution is 2.53. The summed E-state index contributed by atoms with van der Waals surface area (Å²) in [6.07, 6.45) is 2.99. The lowest BCUT2D eigenvalue weighted by molar-refractivity contribution is -0.123. The molecule has 112 valence electrons. The fraction of sp³-hybridized carbons (Fsp3) is 0.316. The van der Waals surface area contributed by atoms with Crippen LogP contribution >= 0.6 is 0 Å². The Balaban J connectivity index is 1.86. The summed E-state index contributed by atoms with van der Waals surface area (Å²) in [5.74, 6) is 0.356. The predicted octanol–water partition coefficient (Wildman–Crippen LogP) is 3.79. The van der Waals surface area contributed by atoms with Crippen molar-refractivity contribution >= 4 is 17.3 Å². The first-order chi connectivity index (χ1) is 10.6. The highest BCUT2D eigenvalue weighted by Gasteiger charge is 2.51. The second kappa shape index (κ2) is 4.60. The van der Waals surface area contributed by atoms with Crippen LogP contribution in [0.1, 0.15) is 48.8 Å². The molecule has 0 aromatic heterocycles. The number of nitrogens with one attached hydrogen (secondary N) is 1. The highest BCUT2D eigenvalue weighted by atomic mass is 16.2. The number of rotatable bonds is 2. The Kier molecular flexibility index (Phi) is 2.80. The second-order valence-corrected chi connectivity index (χ2v) is 6.55. The first-order valence-corrected chi connectivity index (χ1v) is 7.92. The molecular formula is C19H20N2O. The fourth-order valence-corrected chi connectivity index (χ4v) is 3.85. The summed E-state index contributed by atoms with van der Waals surface area (Å²) in [7, 11) is 0. The summed E-state index contributed by atoms with van der Waals surface area (Å²) in [4.78, 5) is 12.5. The molecule has 3 N–H and O–H groups in total. The number of hydrogen-bond acceptors (Lipinski definition) is 2. The molecule has 0 saturated heterocycles. The fourth-order valence-electron chi connectivity index (χ4n) is 3.85. The standard InChI is InChI=1S/C19H20N2O/c1-12(13-6-3-2-4-7-13)15-10-14(20)11-16-17(15)21-18(22)19(16)8-5-9-19/h2-4,6-7,10-12H,5,8-9,20H2,1H3,(H,21,22). The van der Waals surface area contributed by atoms with Crippen molar-refractivity contribution in [3.63, 3.8) is 0 Å². The number of anilines is 2. The molecule has 2 aromatic carbocycles. The van der Waals surface area contributed by atoms with Gasteiger partial charge < -0.3 is 11.1 Å². The lowest BCUT2D eigenvalue weighted by atomic mass is 9.65. The van der Waals surface area contributed by atoms with E-state index in [1.807, 2.05) is 30.3 Å². The minimum Gasteiger partial charge on any atom is -0.399 e. The van der Waals surface area contributed by atoms with E-state index in [0.717, 1.165) is 41.8 Å².